The van der Waals surface area contributed by atoms with Crippen molar-refractivity contribution in [2.24, 2.45) is 7.05 Å². The number of carbonyl (C=O) groups excluding carboxylic acids is 2. The summed E-state index contributed by atoms with van der Waals surface area (Å²) in [5.74, 6) is 1.33. The number of allylic oxidation sites excluding steroid dienone is 4. The summed E-state index contributed by atoms with van der Waals surface area (Å²) in [4.78, 5) is 30.0. The van der Waals surface area contributed by atoms with E-state index >= 15 is 0 Å². The van der Waals surface area contributed by atoms with Gasteiger partial charge >= 0.3 is 0 Å². The van der Waals surface area contributed by atoms with Crippen molar-refractivity contribution >= 4 is 63.4 Å². The molecular weight excluding hydrogens is 657 g/mol. The smallest absolute Gasteiger partial charge is 0.219 e. The van der Waals surface area contributed by atoms with Crippen LogP contribution in [0.4, 0.5) is 11.4 Å². The molecule has 4 aromatic rings. The summed E-state index contributed by atoms with van der Waals surface area (Å²) in [5.41, 5.74) is 7.96. The number of nitrogens with zero attached hydrogens (tertiary/aromatic N) is 3. The number of carbonyl (C=O) groups is 2. The Morgan fingerprint density at radius 1 is 0.660 bits per heavy atom. The van der Waals surface area contributed by atoms with Gasteiger partial charge in [-0.05, 0) is 90.0 Å². The molecule has 50 heavy (non-hydrogen) atoms. The Labute approximate surface area is 306 Å². The average Bonchev–Trinajstić information content (AvgIpc) is 3.15. The van der Waals surface area contributed by atoms with E-state index in [2.05, 4.69) is 106 Å². The lowest BCUT2D eigenvalue weighted by atomic mass is 10.1. The molecule has 0 amide bonds. The van der Waals surface area contributed by atoms with E-state index in [0.717, 1.165) is 46.7 Å². The largest absolute Gasteiger partial charge is 0.394 e. The third-order valence-corrected chi connectivity index (χ3v) is 9.83. The lowest BCUT2D eigenvalue weighted by Crippen LogP contribution is -2.25. The van der Waals surface area contributed by atoms with Gasteiger partial charge in [0.2, 0.25) is 10.2 Å². The molecule has 0 unspecified atom stereocenters. The molecule has 0 atom stereocenters. The van der Waals surface area contributed by atoms with Crippen molar-refractivity contribution < 1.29 is 14.2 Å². The maximum atomic E-state index is 12.8. The molecule has 0 aliphatic heterocycles. The van der Waals surface area contributed by atoms with Crippen molar-refractivity contribution in [3.63, 3.8) is 0 Å². The lowest BCUT2D eigenvalue weighted by Gasteiger charge is -2.19. The SMILES string of the molecule is C/C=C(\C=C/NC)/C=C/c1ccc(N(C)CCSC(=O)c2ccc(C(=O)SCCN(C)c3ccc(/C=C/c4cc[n+](C)cc4)cc3)cc2)cc1. The van der Waals surface area contributed by atoms with Gasteiger partial charge in [-0.3, -0.25) is 9.59 Å². The van der Waals surface area contributed by atoms with Gasteiger partial charge in [0, 0.05) is 80.4 Å². The molecule has 0 aliphatic rings. The van der Waals surface area contributed by atoms with Crippen molar-refractivity contribution in [1.29, 1.82) is 0 Å². The summed E-state index contributed by atoms with van der Waals surface area (Å²) in [5, 5.41) is 3.03. The summed E-state index contributed by atoms with van der Waals surface area (Å²) >= 11 is 2.60. The van der Waals surface area contributed by atoms with Crippen molar-refractivity contribution in [2.75, 3.05) is 55.5 Å². The highest BCUT2D eigenvalue weighted by molar-refractivity contribution is 8.14. The highest BCUT2D eigenvalue weighted by Crippen LogP contribution is 2.21. The maximum Gasteiger partial charge on any atom is 0.219 e. The van der Waals surface area contributed by atoms with Crippen LogP contribution in [0.1, 0.15) is 44.3 Å². The second-order valence-corrected chi connectivity index (χ2v) is 13.9. The van der Waals surface area contributed by atoms with Crippen molar-refractivity contribution in [1.82, 2.24) is 5.32 Å². The first kappa shape index (κ1) is 38.0. The number of rotatable bonds is 16. The van der Waals surface area contributed by atoms with Crippen LogP contribution in [0.5, 0.6) is 0 Å². The van der Waals surface area contributed by atoms with E-state index in [4.69, 9.17) is 0 Å². The topological polar surface area (TPSA) is 56.5 Å². The quantitative estimate of drug-likeness (QED) is 0.0930. The Balaban J connectivity index is 1.16. The summed E-state index contributed by atoms with van der Waals surface area (Å²) in [6.07, 6.45) is 18.5. The molecule has 1 N–H and O–H groups in total. The van der Waals surface area contributed by atoms with E-state index < -0.39 is 0 Å². The van der Waals surface area contributed by atoms with Gasteiger partial charge in [0.25, 0.3) is 0 Å². The van der Waals surface area contributed by atoms with E-state index in [1.54, 1.807) is 24.3 Å². The fraction of sp³-hybridized carbons (Fsp3) is 0.214. The Morgan fingerprint density at radius 3 is 1.54 bits per heavy atom. The number of nitrogens with one attached hydrogen (secondary N) is 1. The number of aryl methyl sites for hydroxylation is 1. The van der Waals surface area contributed by atoms with Crippen LogP contribution in [0.3, 0.4) is 0 Å². The molecule has 0 bridgehead atoms. The standard InChI is InChI=1S/C42H47N4O2S2/c1-6-33(23-26-43-2)7-8-34-11-19-39(20-12-34)45(4)29-31-49-41(47)37-15-17-38(18-16-37)42(48)50-32-30-46(5)40-21-13-35(14-22-40)9-10-36-24-27-44(3)28-25-36/h6-28,43H,29-32H2,1-5H3/q+1/b8-7+,26-23-,33-6-. The Hall–Kier alpha value is -4.79. The summed E-state index contributed by atoms with van der Waals surface area (Å²) in [7, 11) is 7.96. The van der Waals surface area contributed by atoms with Gasteiger partial charge in [-0.2, -0.15) is 0 Å². The minimum atomic E-state index is 0.00928. The fourth-order valence-electron chi connectivity index (χ4n) is 4.83. The van der Waals surface area contributed by atoms with E-state index in [1.807, 2.05) is 64.4 Å². The predicted octanol–water partition coefficient (Wildman–Crippen LogP) is 8.39. The molecule has 6 nitrogen and oxygen atoms in total. The van der Waals surface area contributed by atoms with Crippen molar-refractivity contribution in [3.8, 4) is 0 Å². The third kappa shape index (κ3) is 12.3. The molecule has 4 rings (SSSR count). The Morgan fingerprint density at radius 2 is 1.10 bits per heavy atom. The number of hydrogen-bond donors (Lipinski definition) is 1. The number of pyridine rings is 1. The van der Waals surface area contributed by atoms with Crippen molar-refractivity contribution in [2.45, 2.75) is 6.92 Å². The minimum Gasteiger partial charge on any atom is -0.394 e. The van der Waals surface area contributed by atoms with Gasteiger partial charge in [-0.1, -0.05) is 78.2 Å². The zero-order valence-corrected chi connectivity index (χ0v) is 31.2. The molecular formula is C42H47N4O2S2+. The van der Waals surface area contributed by atoms with Crippen LogP contribution >= 0.6 is 23.5 Å². The monoisotopic (exact) mass is 703 g/mol. The van der Waals surface area contributed by atoms with Gasteiger partial charge in [0.05, 0.1) is 0 Å². The van der Waals surface area contributed by atoms with Crippen molar-refractivity contribution in [3.05, 3.63) is 155 Å². The van der Waals surface area contributed by atoms with Gasteiger partial charge in [-0.25, -0.2) is 4.57 Å². The molecule has 0 fully saturated rings. The summed E-state index contributed by atoms with van der Waals surface area (Å²) < 4.78 is 2.02. The van der Waals surface area contributed by atoms with Gasteiger partial charge in [0.1, 0.15) is 7.05 Å². The van der Waals surface area contributed by atoms with E-state index in [0.29, 0.717) is 22.6 Å². The number of aromatic nitrogens is 1. The number of thioether (sulfide) groups is 2. The van der Waals surface area contributed by atoms with E-state index in [-0.39, 0.29) is 10.2 Å². The normalized spacial score (nSPS) is 11.8. The fourth-order valence-corrected chi connectivity index (χ4v) is 6.54. The van der Waals surface area contributed by atoms with Crippen LogP contribution in [-0.4, -0.2) is 56.0 Å². The third-order valence-electron chi connectivity index (χ3n) is 8.06. The second kappa shape index (κ2) is 20.0. The van der Waals surface area contributed by atoms with E-state index in [1.165, 1.54) is 23.5 Å². The van der Waals surface area contributed by atoms with Gasteiger partial charge in [-0.15, -0.1) is 0 Å². The predicted molar refractivity (Wildman–Crippen MR) is 217 cm³/mol. The number of benzene rings is 3. The van der Waals surface area contributed by atoms with Crippen LogP contribution in [0.2, 0.25) is 0 Å². The first-order valence-electron chi connectivity index (χ1n) is 16.6. The summed E-state index contributed by atoms with van der Waals surface area (Å²) in [6, 6.07) is 28.0. The zero-order valence-electron chi connectivity index (χ0n) is 29.6. The lowest BCUT2D eigenvalue weighted by molar-refractivity contribution is -0.671. The van der Waals surface area contributed by atoms with Crippen LogP contribution < -0.4 is 19.7 Å². The molecule has 3 aromatic carbocycles. The van der Waals surface area contributed by atoms with Crippen LogP contribution in [-0.2, 0) is 7.05 Å². The van der Waals surface area contributed by atoms with Crippen LogP contribution in [0, 0.1) is 0 Å². The first-order valence-corrected chi connectivity index (χ1v) is 18.6. The van der Waals surface area contributed by atoms with Gasteiger partial charge < -0.3 is 15.1 Å². The Bertz CT molecular complexity index is 1790. The average molecular weight is 704 g/mol. The number of anilines is 2. The van der Waals surface area contributed by atoms with Crippen LogP contribution in [0.15, 0.2) is 127 Å². The molecule has 8 heteroatoms. The highest BCUT2D eigenvalue weighted by atomic mass is 32.2. The first-order chi connectivity index (χ1) is 24.2. The molecule has 258 valence electrons. The molecule has 0 saturated heterocycles. The molecule has 1 heterocycles. The molecule has 0 radical (unpaired) electrons. The van der Waals surface area contributed by atoms with E-state index in [9.17, 15) is 9.59 Å². The molecule has 1 aromatic heterocycles. The Kier molecular flexibility index (Phi) is 15.2. The highest BCUT2D eigenvalue weighted by Gasteiger charge is 2.12. The zero-order chi connectivity index (χ0) is 35.7. The molecule has 0 spiro atoms. The maximum absolute atomic E-state index is 12.8. The van der Waals surface area contributed by atoms with Crippen LogP contribution in [0.25, 0.3) is 18.2 Å². The van der Waals surface area contributed by atoms with Gasteiger partial charge in [0.15, 0.2) is 12.4 Å². The second-order valence-electron chi connectivity index (χ2n) is 11.7. The molecule has 0 saturated carbocycles. The summed E-state index contributed by atoms with van der Waals surface area (Å²) in [6.45, 7) is 3.49. The number of hydrogen-bond acceptors (Lipinski definition) is 7. The molecule has 0 aliphatic carbocycles. The minimum absolute atomic E-state index is 0.00928.